The van der Waals surface area contributed by atoms with Gasteiger partial charge in [-0.15, -0.1) is 11.8 Å². The third-order valence-electron chi connectivity index (χ3n) is 3.70. The standard InChI is InChI=1S/C16H17N3O2S/c20-15-7-6-14(17-18-15)16(21)19-9-8-12(10-19)11-22-13-4-2-1-3-5-13/h1-7,12H,8-11H2,(H,18,20). The van der Waals surface area contributed by atoms with Crippen LogP contribution >= 0.6 is 11.8 Å². The number of nitrogens with one attached hydrogen (secondary N) is 1. The molecule has 2 heterocycles. The van der Waals surface area contributed by atoms with E-state index in [0.29, 0.717) is 11.6 Å². The van der Waals surface area contributed by atoms with Crippen molar-refractivity contribution in [2.24, 2.45) is 5.92 Å². The minimum Gasteiger partial charge on any atom is -0.337 e. The lowest BCUT2D eigenvalue weighted by Crippen LogP contribution is -2.30. The van der Waals surface area contributed by atoms with Crippen molar-refractivity contribution in [1.82, 2.24) is 15.1 Å². The zero-order chi connectivity index (χ0) is 15.4. The van der Waals surface area contributed by atoms with Crippen LogP contribution in [0.4, 0.5) is 0 Å². The summed E-state index contributed by atoms with van der Waals surface area (Å²) in [6.07, 6.45) is 1.01. The first-order valence-electron chi connectivity index (χ1n) is 7.25. The summed E-state index contributed by atoms with van der Waals surface area (Å²) in [6, 6.07) is 13.1. The zero-order valence-corrected chi connectivity index (χ0v) is 12.9. The molecule has 1 unspecified atom stereocenters. The fourth-order valence-electron chi connectivity index (χ4n) is 2.51. The van der Waals surface area contributed by atoms with Crippen LogP contribution in [0.2, 0.25) is 0 Å². The highest BCUT2D eigenvalue weighted by Gasteiger charge is 2.27. The van der Waals surface area contributed by atoms with Gasteiger partial charge >= 0.3 is 0 Å². The van der Waals surface area contributed by atoms with Crippen molar-refractivity contribution in [3.05, 3.63) is 58.5 Å². The van der Waals surface area contributed by atoms with Crippen molar-refractivity contribution in [3.8, 4) is 0 Å². The zero-order valence-electron chi connectivity index (χ0n) is 12.1. The molecule has 1 aliphatic rings. The van der Waals surface area contributed by atoms with Crippen molar-refractivity contribution in [2.45, 2.75) is 11.3 Å². The van der Waals surface area contributed by atoms with E-state index in [2.05, 4.69) is 22.3 Å². The van der Waals surface area contributed by atoms with Gasteiger partial charge in [0.05, 0.1) is 0 Å². The molecule has 0 radical (unpaired) electrons. The number of carbonyl (C=O) groups excluding carboxylic acids is 1. The first-order chi connectivity index (χ1) is 10.7. The number of rotatable bonds is 4. The molecule has 1 aromatic carbocycles. The molecule has 0 spiro atoms. The summed E-state index contributed by atoms with van der Waals surface area (Å²) in [5.74, 6) is 1.40. The minimum atomic E-state index is -0.296. The van der Waals surface area contributed by atoms with E-state index >= 15 is 0 Å². The Bertz CT molecular complexity index is 682. The fraction of sp³-hybridized carbons (Fsp3) is 0.312. The van der Waals surface area contributed by atoms with Crippen molar-refractivity contribution < 1.29 is 4.79 Å². The summed E-state index contributed by atoms with van der Waals surface area (Å²) in [5.41, 5.74) is 0.00562. The Balaban J connectivity index is 1.54. The number of aromatic amines is 1. The van der Waals surface area contributed by atoms with E-state index in [1.807, 2.05) is 34.9 Å². The third kappa shape index (κ3) is 3.57. The van der Waals surface area contributed by atoms with Crippen LogP contribution in [0.25, 0.3) is 0 Å². The van der Waals surface area contributed by atoms with Gasteiger partial charge in [-0.25, -0.2) is 5.10 Å². The normalized spacial score (nSPS) is 17.6. The molecule has 1 aromatic heterocycles. The molecular formula is C16H17N3O2S. The average Bonchev–Trinajstić information content (AvgIpc) is 3.03. The molecule has 6 heteroatoms. The molecule has 1 N–H and O–H groups in total. The van der Waals surface area contributed by atoms with Gasteiger partial charge in [0.15, 0.2) is 0 Å². The molecule has 2 aromatic rings. The van der Waals surface area contributed by atoms with Crippen molar-refractivity contribution >= 4 is 17.7 Å². The quantitative estimate of drug-likeness (QED) is 0.877. The van der Waals surface area contributed by atoms with Crippen LogP contribution in [0.3, 0.4) is 0 Å². The Hall–Kier alpha value is -2.08. The predicted molar refractivity (Wildman–Crippen MR) is 86.0 cm³/mol. The highest BCUT2D eigenvalue weighted by Crippen LogP contribution is 2.26. The van der Waals surface area contributed by atoms with Crippen LogP contribution in [-0.2, 0) is 0 Å². The van der Waals surface area contributed by atoms with Crippen LogP contribution < -0.4 is 5.56 Å². The van der Waals surface area contributed by atoms with E-state index in [9.17, 15) is 9.59 Å². The van der Waals surface area contributed by atoms with E-state index in [0.717, 1.165) is 25.3 Å². The van der Waals surface area contributed by atoms with Crippen LogP contribution in [-0.4, -0.2) is 39.8 Å². The molecule has 5 nitrogen and oxygen atoms in total. The Kier molecular flexibility index (Phi) is 4.58. The maximum Gasteiger partial charge on any atom is 0.274 e. The molecule has 1 aliphatic heterocycles. The molecule has 3 rings (SSSR count). The van der Waals surface area contributed by atoms with Gasteiger partial charge in [0.2, 0.25) is 0 Å². The van der Waals surface area contributed by atoms with E-state index in [-0.39, 0.29) is 11.5 Å². The summed E-state index contributed by atoms with van der Waals surface area (Å²) < 4.78 is 0. The number of likely N-dealkylation sites (tertiary alicyclic amines) is 1. The minimum absolute atomic E-state index is 0.108. The van der Waals surface area contributed by atoms with Crippen molar-refractivity contribution in [3.63, 3.8) is 0 Å². The fourth-order valence-corrected chi connectivity index (χ4v) is 3.56. The van der Waals surface area contributed by atoms with Gasteiger partial charge in [-0.05, 0) is 30.5 Å². The van der Waals surface area contributed by atoms with Crippen molar-refractivity contribution in [2.75, 3.05) is 18.8 Å². The Labute approximate surface area is 132 Å². The second-order valence-corrected chi connectivity index (χ2v) is 6.43. The molecule has 1 saturated heterocycles. The van der Waals surface area contributed by atoms with E-state index in [1.54, 1.807) is 0 Å². The maximum absolute atomic E-state index is 12.3. The first kappa shape index (κ1) is 14.8. The Morgan fingerprint density at radius 3 is 2.82 bits per heavy atom. The maximum atomic E-state index is 12.3. The molecule has 0 bridgehead atoms. The van der Waals surface area contributed by atoms with Crippen LogP contribution in [0.1, 0.15) is 16.9 Å². The number of hydrogen-bond donors (Lipinski definition) is 1. The number of thioether (sulfide) groups is 1. The lowest BCUT2D eigenvalue weighted by Gasteiger charge is -2.15. The van der Waals surface area contributed by atoms with Crippen LogP contribution in [0, 0.1) is 5.92 Å². The van der Waals surface area contributed by atoms with E-state index in [1.165, 1.54) is 17.0 Å². The molecule has 1 atom stereocenters. The highest BCUT2D eigenvalue weighted by atomic mass is 32.2. The summed E-state index contributed by atoms with van der Waals surface area (Å²) in [5, 5.41) is 6.11. The lowest BCUT2D eigenvalue weighted by molar-refractivity contribution is 0.0781. The second-order valence-electron chi connectivity index (χ2n) is 5.34. The van der Waals surface area contributed by atoms with Gasteiger partial charge in [-0.1, -0.05) is 18.2 Å². The molecule has 0 aliphatic carbocycles. The third-order valence-corrected chi connectivity index (χ3v) is 4.94. The molecule has 114 valence electrons. The number of amides is 1. The second kappa shape index (κ2) is 6.79. The molecule has 22 heavy (non-hydrogen) atoms. The van der Waals surface area contributed by atoms with E-state index in [4.69, 9.17) is 0 Å². The highest BCUT2D eigenvalue weighted by molar-refractivity contribution is 7.99. The van der Waals surface area contributed by atoms with Gasteiger partial charge in [0.25, 0.3) is 11.5 Å². The van der Waals surface area contributed by atoms with Crippen LogP contribution in [0.5, 0.6) is 0 Å². The smallest absolute Gasteiger partial charge is 0.274 e. The summed E-state index contributed by atoms with van der Waals surface area (Å²) in [7, 11) is 0. The van der Waals surface area contributed by atoms with Gasteiger partial charge < -0.3 is 4.90 Å². The average molecular weight is 315 g/mol. The molecule has 1 fully saturated rings. The van der Waals surface area contributed by atoms with Gasteiger partial charge in [0.1, 0.15) is 5.69 Å². The van der Waals surface area contributed by atoms with Gasteiger partial charge in [-0.3, -0.25) is 9.59 Å². The molecule has 1 amide bonds. The largest absolute Gasteiger partial charge is 0.337 e. The summed E-state index contributed by atoms with van der Waals surface area (Å²) in [6.45, 7) is 1.50. The van der Waals surface area contributed by atoms with Crippen molar-refractivity contribution in [1.29, 1.82) is 0 Å². The number of benzene rings is 1. The molecule has 0 saturated carbocycles. The topological polar surface area (TPSA) is 66.1 Å². The Morgan fingerprint density at radius 2 is 2.09 bits per heavy atom. The van der Waals surface area contributed by atoms with Crippen LogP contribution in [0.15, 0.2) is 52.2 Å². The van der Waals surface area contributed by atoms with Gasteiger partial charge in [-0.2, -0.15) is 5.10 Å². The molecular weight excluding hydrogens is 298 g/mol. The summed E-state index contributed by atoms with van der Waals surface area (Å²) in [4.78, 5) is 26.4. The van der Waals surface area contributed by atoms with Gasteiger partial charge in [0, 0.05) is 29.8 Å². The lowest BCUT2D eigenvalue weighted by atomic mass is 10.2. The number of carbonyl (C=O) groups is 1. The SMILES string of the molecule is O=C(c1ccc(=O)[nH]n1)N1CCC(CSc2ccccc2)C1. The number of hydrogen-bond acceptors (Lipinski definition) is 4. The Morgan fingerprint density at radius 1 is 1.27 bits per heavy atom. The monoisotopic (exact) mass is 315 g/mol. The first-order valence-corrected chi connectivity index (χ1v) is 8.24. The van der Waals surface area contributed by atoms with E-state index < -0.39 is 0 Å². The number of nitrogens with zero attached hydrogens (tertiary/aromatic N) is 2. The number of H-pyrrole nitrogens is 1. The number of aromatic nitrogens is 2. The predicted octanol–water partition coefficient (Wildman–Crippen LogP) is 2.02. The summed E-state index contributed by atoms with van der Waals surface area (Å²) >= 11 is 1.83.